The second kappa shape index (κ2) is 6.58. The molecule has 0 aliphatic carbocycles. The van der Waals surface area contributed by atoms with Gasteiger partial charge in [0.25, 0.3) is 0 Å². The van der Waals surface area contributed by atoms with Crippen molar-refractivity contribution in [3.8, 4) is 11.4 Å². The molecule has 0 saturated carbocycles. The largest absolute Gasteiger partial charge is 0.447 e. The molecule has 0 radical (unpaired) electrons. The van der Waals surface area contributed by atoms with Crippen molar-refractivity contribution in [2.45, 2.75) is 24.7 Å². The van der Waals surface area contributed by atoms with Crippen LogP contribution in [-0.4, -0.2) is 39.3 Å². The maximum absolute atomic E-state index is 11.0. The molecule has 1 aliphatic heterocycles. The monoisotopic (exact) mass is 338 g/mol. The zero-order chi connectivity index (χ0) is 15.5. The Hall–Kier alpha value is -1.73. The third-order valence-corrected chi connectivity index (χ3v) is 4.63. The summed E-state index contributed by atoms with van der Waals surface area (Å²) in [6.07, 6.45) is -0.359. The van der Waals surface area contributed by atoms with Crippen molar-refractivity contribution in [2.24, 2.45) is 0 Å². The lowest BCUT2D eigenvalue weighted by atomic mass is 10.2. The summed E-state index contributed by atoms with van der Waals surface area (Å²) in [5.74, 6) is 1.48. The number of nitrogens with zero attached hydrogens (tertiary/aromatic N) is 3. The minimum absolute atomic E-state index is 0.00845. The van der Waals surface area contributed by atoms with Gasteiger partial charge in [0.1, 0.15) is 6.61 Å². The molecule has 1 aromatic heterocycles. The van der Waals surface area contributed by atoms with Crippen LogP contribution in [0.1, 0.15) is 6.92 Å². The molecule has 1 aromatic carbocycles. The van der Waals surface area contributed by atoms with E-state index in [-0.39, 0.29) is 12.1 Å². The lowest BCUT2D eigenvalue weighted by molar-refractivity contribution is 0.177. The Kier molecular flexibility index (Phi) is 4.54. The van der Waals surface area contributed by atoms with Gasteiger partial charge in [-0.25, -0.2) is 4.79 Å². The average Bonchev–Trinajstić information content (AvgIpc) is 3.10. The van der Waals surface area contributed by atoms with Crippen molar-refractivity contribution >= 4 is 29.5 Å². The van der Waals surface area contributed by atoms with Crippen molar-refractivity contribution in [1.82, 2.24) is 20.1 Å². The molecule has 3 rings (SSSR count). The first-order chi connectivity index (χ1) is 10.7. The molecule has 1 N–H and O–H groups in total. The van der Waals surface area contributed by atoms with Crippen molar-refractivity contribution < 1.29 is 9.53 Å². The molecule has 8 heteroatoms. The number of cyclic esters (lactones) is 1. The summed E-state index contributed by atoms with van der Waals surface area (Å²) >= 11 is 7.59. The molecular weight excluding hydrogens is 324 g/mol. The summed E-state index contributed by atoms with van der Waals surface area (Å²) in [7, 11) is 0. The van der Waals surface area contributed by atoms with E-state index >= 15 is 0 Å². The number of thioether (sulfide) groups is 1. The lowest BCUT2D eigenvalue weighted by Gasteiger charge is -2.09. The van der Waals surface area contributed by atoms with Crippen LogP contribution in [0.3, 0.4) is 0 Å². The number of halogens is 1. The van der Waals surface area contributed by atoms with Gasteiger partial charge in [0, 0.05) is 22.9 Å². The highest BCUT2D eigenvalue weighted by Gasteiger charge is 2.23. The first-order valence-corrected chi connectivity index (χ1v) is 8.29. The van der Waals surface area contributed by atoms with E-state index in [2.05, 4.69) is 15.5 Å². The molecule has 2 aromatic rings. The maximum atomic E-state index is 11.0. The van der Waals surface area contributed by atoms with Gasteiger partial charge < -0.3 is 14.6 Å². The number of hydrogen-bond acceptors (Lipinski definition) is 5. The summed E-state index contributed by atoms with van der Waals surface area (Å²) in [4.78, 5) is 11.0. The summed E-state index contributed by atoms with van der Waals surface area (Å²) in [6.45, 7) is 3.19. The van der Waals surface area contributed by atoms with Crippen LogP contribution in [0.5, 0.6) is 0 Å². The number of carbonyl (C=O) groups excluding carboxylic acids is 1. The first kappa shape index (κ1) is 15.2. The Balaban J connectivity index is 1.77. The van der Waals surface area contributed by atoms with Crippen LogP contribution in [0.2, 0.25) is 5.02 Å². The van der Waals surface area contributed by atoms with Gasteiger partial charge in [0.05, 0.1) is 6.04 Å². The third kappa shape index (κ3) is 3.20. The van der Waals surface area contributed by atoms with Gasteiger partial charge in [-0.1, -0.05) is 35.5 Å². The van der Waals surface area contributed by atoms with Crippen LogP contribution in [0, 0.1) is 0 Å². The number of benzene rings is 1. The van der Waals surface area contributed by atoms with Gasteiger partial charge in [-0.15, -0.1) is 10.2 Å². The predicted molar refractivity (Wildman–Crippen MR) is 85.1 cm³/mol. The van der Waals surface area contributed by atoms with Crippen LogP contribution < -0.4 is 5.32 Å². The summed E-state index contributed by atoms with van der Waals surface area (Å²) in [6, 6.07) is 7.56. The molecule has 116 valence electrons. The van der Waals surface area contributed by atoms with E-state index in [1.165, 1.54) is 0 Å². The second-order valence-electron chi connectivity index (χ2n) is 4.81. The fourth-order valence-corrected chi connectivity index (χ4v) is 3.40. The van der Waals surface area contributed by atoms with Gasteiger partial charge in [0.15, 0.2) is 11.0 Å². The van der Waals surface area contributed by atoms with Crippen molar-refractivity contribution in [3.05, 3.63) is 29.3 Å². The van der Waals surface area contributed by atoms with E-state index < -0.39 is 0 Å². The molecule has 22 heavy (non-hydrogen) atoms. The Labute approximate surface area is 137 Å². The topological polar surface area (TPSA) is 69.0 Å². The van der Waals surface area contributed by atoms with Gasteiger partial charge in [-0.2, -0.15) is 0 Å². The highest BCUT2D eigenvalue weighted by molar-refractivity contribution is 7.99. The SMILES string of the molecule is CCn1c(SCC2COC(=O)N2)nnc1-c1cccc(Cl)c1. The van der Waals surface area contributed by atoms with E-state index in [1.807, 2.05) is 35.8 Å². The van der Waals surface area contributed by atoms with Crippen molar-refractivity contribution in [2.75, 3.05) is 12.4 Å². The normalized spacial score (nSPS) is 17.4. The number of carbonyl (C=O) groups is 1. The Morgan fingerprint density at radius 3 is 3.05 bits per heavy atom. The number of amides is 1. The zero-order valence-electron chi connectivity index (χ0n) is 12.0. The highest BCUT2D eigenvalue weighted by atomic mass is 35.5. The minimum Gasteiger partial charge on any atom is -0.447 e. The average molecular weight is 339 g/mol. The van der Waals surface area contributed by atoms with Crippen LogP contribution in [0.15, 0.2) is 29.4 Å². The quantitative estimate of drug-likeness (QED) is 0.849. The number of nitrogens with one attached hydrogen (secondary N) is 1. The van der Waals surface area contributed by atoms with E-state index in [4.69, 9.17) is 16.3 Å². The molecule has 1 unspecified atom stereocenters. The van der Waals surface area contributed by atoms with Crippen LogP contribution in [0.25, 0.3) is 11.4 Å². The summed E-state index contributed by atoms with van der Waals surface area (Å²) in [5, 5.41) is 12.8. The minimum atomic E-state index is -0.359. The van der Waals surface area contributed by atoms with E-state index in [9.17, 15) is 4.79 Å². The first-order valence-electron chi connectivity index (χ1n) is 6.92. The molecule has 1 saturated heterocycles. The van der Waals surface area contributed by atoms with Gasteiger partial charge >= 0.3 is 6.09 Å². The fourth-order valence-electron chi connectivity index (χ4n) is 2.21. The molecular formula is C14H15ClN4O2S. The number of ether oxygens (including phenoxy) is 1. The van der Waals surface area contributed by atoms with Gasteiger partial charge in [-0.3, -0.25) is 0 Å². The van der Waals surface area contributed by atoms with Crippen LogP contribution >= 0.6 is 23.4 Å². The van der Waals surface area contributed by atoms with Crippen molar-refractivity contribution in [3.63, 3.8) is 0 Å². The Morgan fingerprint density at radius 2 is 2.36 bits per heavy atom. The van der Waals surface area contributed by atoms with Crippen LogP contribution in [-0.2, 0) is 11.3 Å². The molecule has 6 nitrogen and oxygen atoms in total. The number of rotatable bonds is 5. The zero-order valence-corrected chi connectivity index (χ0v) is 13.5. The van der Waals surface area contributed by atoms with Crippen molar-refractivity contribution in [1.29, 1.82) is 0 Å². The predicted octanol–water partition coefficient (Wildman–Crippen LogP) is 2.82. The standard InChI is InChI=1S/C14H15ClN4O2S/c1-2-19-12(9-4-3-5-10(15)6-9)17-18-13(19)22-8-11-7-21-14(20)16-11/h3-6,11H,2,7-8H2,1H3,(H,16,20). The third-order valence-electron chi connectivity index (χ3n) is 3.27. The molecule has 0 bridgehead atoms. The fraction of sp³-hybridized carbons (Fsp3) is 0.357. The van der Waals surface area contributed by atoms with Gasteiger partial charge in [-0.05, 0) is 19.1 Å². The maximum Gasteiger partial charge on any atom is 0.407 e. The number of alkyl carbamates (subject to hydrolysis) is 1. The van der Waals surface area contributed by atoms with Gasteiger partial charge in [0.2, 0.25) is 0 Å². The second-order valence-corrected chi connectivity index (χ2v) is 6.24. The summed E-state index contributed by atoms with van der Waals surface area (Å²) < 4.78 is 6.91. The Morgan fingerprint density at radius 1 is 1.50 bits per heavy atom. The molecule has 1 atom stereocenters. The number of hydrogen-bond donors (Lipinski definition) is 1. The molecule has 1 amide bonds. The van der Waals surface area contributed by atoms with E-state index in [0.29, 0.717) is 17.4 Å². The molecule has 1 aliphatic rings. The smallest absolute Gasteiger partial charge is 0.407 e. The molecule has 1 fully saturated rings. The van der Waals surface area contributed by atoms with E-state index in [0.717, 1.165) is 23.1 Å². The van der Waals surface area contributed by atoms with Crippen LogP contribution in [0.4, 0.5) is 4.79 Å². The molecule has 0 spiro atoms. The summed E-state index contributed by atoms with van der Waals surface area (Å²) in [5.41, 5.74) is 0.936. The molecule has 2 heterocycles. The van der Waals surface area contributed by atoms with E-state index in [1.54, 1.807) is 11.8 Å². The number of aromatic nitrogens is 3. The Bertz CT molecular complexity index is 691. The highest BCUT2D eigenvalue weighted by Crippen LogP contribution is 2.26. The lowest BCUT2D eigenvalue weighted by Crippen LogP contribution is -2.28.